The van der Waals surface area contributed by atoms with Crippen LogP contribution in [0.2, 0.25) is 0 Å². The quantitative estimate of drug-likeness (QED) is 0.627. The third kappa shape index (κ3) is 8.48. The van der Waals surface area contributed by atoms with Gasteiger partial charge in [-0.25, -0.2) is 0 Å². The van der Waals surface area contributed by atoms with Crippen LogP contribution in [-0.4, -0.2) is 27.7 Å². The molecule has 0 saturated heterocycles. The maximum atomic E-state index is 2.27. The van der Waals surface area contributed by atoms with Crippen molar-refractivity contribution in [2.75, 3.05) is 0 Å². The summed E-state index contributed by atoms with van der Waals surface area (Å²) < 4.78 is 2.25. The van der Waals surface area contributed by atoms with Crippen LogP contribution in [0.3, 0.4) is 0 Å². The summed E-state index contributed by atoms with van der Waals surface area (Å²) in [5.74, 6) is 0. The van der Waals surface area contributed by atoms with Crippen molar-refractivity contribution in [2.24, 2.45) is 0 Å². The Bertz CT molecular complexity index is 84.6. The topological polar surface area (TPSA) is 0 Å². The number of hydrogen-bond donors (Lipinski definition) is 0. The molecule has 0 N–H and O–H groups in total. The summed E-state index contributed by atoms with van der Waals surface area (Å²) in [5, 5.41) is 0. The van der Waals surface area contributed by atoms with E-state index in [0.29, 0.717) is 0 Å². The van der Waals surface area contributed by atoms with Crippen LogP contribution in [0.4, 0.5) is 0 Å². The molecule has 1 heteroatoms. The maximum absolute atomic E-state index is 2.27. The van der Waals surface area contributed by atoms with E-state index in [1.807, 2.05) is 0 Å². The van der Waals surface area contributed by atoms with E-state index in [0.717, 1.165) is 23.9 Å². The first-order chi connectivity index (χ1) is 4.41. The molecule has 0 saturated carbocycles. The normalized spacial score (nSPS) is 10.2. The molecule has 0 aromatic heterocycles. The third-order valence-electron chi connectivity index (χ3n) is 1.25. The Morgan fingerprint density at radius 2 is 2.11 bits per heavy atom. The first-order valence-corrected chi connectivity index (χ1v) is 6.02. The molecule has 9 heavy (non-hydrogen) atoms. The minimum atomic E-state index is 1.00. The second-order valence-electron chi connectivity index (χ2n) is 2.16. The van der Waals surface area contributed by atoms with Gasteiger partial charge in [0.1, 0.15) is 0 Å². The van der Waals surface area contributed by atoms with Crippen LogP contribution in [0, 0.1) is 0 Å². The predicted octanol–water partition coefficient (Wildman–Crippen LogP) is 1.83. The van der Waals surface area contributed by atoms with Crippen LogP contribution in [0.1, 0.15) is 32.6 Å². The van der Waals surface area contributed by atoms with Gasteiger partial charge in [0.2, 0.25) is 0 Å². The van der Waals surface area contributed by atoms with E-state index in [-0.39, 0.29) is 0 Å². The summed E-state index contributed by atoms with van der Waals surface area (Å²) in [6.07, 6.45) is 9.83. The Morgan fingerprint density at radius 3 is 2.67 bits per heavy atom. The zero-order chi connectivity index (χ0) is 6.95. The van der Waals surface area contributed by atoms with Crippen molar-refractivity contribution in [1.82, 2.24) is 0 Å². The first-order valence-electron chi connectivity index (χ1n) is 3.69. The fraction of sp³-hybridized carbons (Fsp3) is 0.625. The van der Waals surface area contributed by atoms with Crippen molar-refractivity contribution in [3.8, 4) is 0 Å². The molecule has 0 aromatic rings. The fourth-order valence-electron chi connectivity index (χ4n) is 0.705. The van der Waals surface area contributed by atoms with Gasteiger partial charge in [0.15, 0.2) is 0 Å². The zero-order valence-electron chi connectivity index (χ0n) is 6.27. The van der Waals surface area contributed by atoms with Gasteiger partial charge in [-0.2, -0.15) is 0 Å². The summed E-state index contributed by atoms with van der Waals surface area (Å²) >= 11 is 1.00. The Balaban J connectivity index is 2.90. The average molecular weight is 226 g/mol. The van der Waals surface area contributed by atoms with E-state index in [4.69, 9.17) is 0 Å². The van der Waals surface area contributed by atoms with Crippen LogP contribution in [0.5, 0.6) is 0 Å². The molecule has 0 amide bonds. The molecule has 50 valence electrons. The van der Waals surface area contributed by atoms with Gasteiger partial charge in [0.05, 0.1) is 0 Å². The summed E-state index contributed by atoms with van der Waals surface area (Å²) in [6.45, 7) is 2.24. The third-order valence-corrected chi connectivity index (χ3v) is 2.02. The summed E-state index contributed by atoms with van der Waals surface area (Å²) in [5.41, 5.74) is 0. The molecule has 0 spiro atoms. The van der Waals surface area contributed by atoms with Crippen LogP contribution in [0.25, 0.3) is 0 Å². The molecule has 0 nitrogen and oxygen atoms in total. The predicted molar refractivity (Wildman–Crippen MR) is 46.5 cm³/mol. The molecule has 0 radical (unpaired) electrons. The van der Waals surface area contributed by atoms with Gasteiger partial charge in [-0.15, -0.1) is 0 Å². The van der Waals surface area contributed by atoms with Gasteiger partial charge in [-0.1, -0.05) is 0 Å². The van der Waals surface area contributed by atoms with Crippen LogP contribution < -0.4 is 0 Å². The Kier molecular flexibility index (Phi) is 8.93. The van der Waals surface area contributed by atoms with Crippen molar-refractivity contribution in [3.05, 3.63) is 12.2 Å². The monoisotopic (exact) mass is 226 g/mol. The fourth-order valence-corrected chi connectivity index (χ4v) is 1.25. The SMILES string of the molecule is CCCCCC=C[CH]=[InH]. The molecule has 0 heterocycles. The number of hydrogen-bond acceptors (Lipinski definition) is 0. The molecule has 0 atom stereocenters. The second-order valence-corrected chi connectivity index (χ2v) is 3.51. The summed E-state index contributed by atoms with van der Waals surface area (Å²) in [6, 6.07) is 0. The number of allylic oxidation sites excluding steroid dienone is 2. The molecular weight excluding hydrogens is 211 g/mol. The molecule has 0 aliphatic heterocycles. The Morgan fingerprint density at radius 1 is 1.33 bits per heavy atom. The van der Waals surface area contributed by atoms with Gasteiger partial charge in [0, 0.05) is 0 Å². The molecule has 0 aliphatic carbocycles. The molecule has 0 fully saturated rings. The number of rotatable bonds is 5. The second kappa shape index (κ2) is 8.48. The molecule has 0 aliphatic rings. The van der Waals surface area contributed by atoms with Crippen LogP contribution >= 0.6 is 0 Å². The first kappa shape index (κ1) is 9.48. The molecule has 0 aromatic carbocycles. The van der Waals surface area contributed by atoms with E-state index in [2.05, 4.69) is 22.8 Å². The van der Waals surface area contributed by atoms with Crippen molar-refractivity contribution < 1.29 is 0 Å². The minimum absolute atomic E-state index is 1.00. The average Bonchev–Trinajstić information content (AvgIpc) is 1.89. The molecule has 0 unspecified atom stereocenters. The van der Waals surface area contributed by atoms with Gasteiger partial charge >= 0.3 is 72.4 Å². The number of unbranched alkanes of at least 4 members (excludes halogenated alkanes) is 3. The van der Waals surface area contributed by atoms with E-state index in [1.54, 1.807) is 0 Å². The van der Waals surface area contributed by atoms with E-state index in [1.165, 1.54) is 25.7 Å². The molecule has 0 bridgehead atoms. The Hall–Kier alpha value is 0.480. The van der Waals surface area contributed by atoms with Gasteiger partial charge < -0.3 is 0 Å². The molecule has 0 rings (SSSR count). The van der Waals surface area contributed by atoms with Gasteiger partial charge in [-0.3, -0.25) is 0 Å². The zero-order valence-corrected chi connectivity index (χ0v) is 10.3. The molecular formula is C8H15In. The van der Waals surface area contributed by atoms with Gasteiger partial charge in [0.25, 0.3) is 0 Å². The summed E-state index contributed by atoms with van der Waals surface area (Å²) in [7, 11) is 0. The van der Waals surface area contributed by atoms with Gasteiger partial charge in [-0.05, 0) is 0 Å². The van der Waals surface area contributed by atoms with Crippen LogP contribution in [-0.2, 0) is 0 Å². The van der Waals surface area contributed by atoms with Crippen molar-refractivity contribution in [2.45, 2.75) is 32.6 Å². The Labute approximate surface area is 72.4 Å². The van der Waals surface area contributed by atoms with E-state index >= 15 is 0 Å². The van der Waals surface area contributed by atoms with Crippen LogP contribution in [0.15, 0.2) is 12.2 Å². The van der Waals surface area contributed by atoms with E-state index in [9.17, 15) is 0 Å². The summed E-state index contributed by atoms with van der Waals surface area (Å²) in [4.78, 5) is 0. The van der Waals surface area contributed by atoms with Crippen molar-refractivity contribution in [1.29, 1.82) is 0 Å². The van der Waals surface area contributed by atoms with Crippen molar-refractivity contribution in [3.63, 3.8) is 0 Å². The standard InChI is InChI=1S/C8H14.In.H/c1-3-5-7-8-6-4-2;;/h1,3,5H,4,6-8H2,2H3;;. The van der Waals surface area contributed by atoms with E-state index < -0.39 is 0 Å². The van der Waals surface area contributed by atoms with Crippen molar-refractivity contribution >= 4 is 27.7 Å².